The van der Waals surface area contributed by atoms with E-state index in [-0.39, 0.29) is 5.92 Å². The lowest BCUT2D eigenvalue weighted by atomic mass is 9.90. The molecule has 0 aromatic rings. The van der Waals surface area contributed by atoms with E-state index in [2.05, 4.69) is 35.1 Å². The van der Waals surface area contributed by atoms with Crippen molar-refractivity contribution in [3.8, 4) is 0 Å². The lowest BCUT2D eigenvalue weighted by Gasteiger charge is -2.23. The minimum atomic E-state index is 0.263. The van der Waals surface area contributed by atoms with E-state index < -0.39 is 0 Å². The number of rotatable bonds is 5. The van der Waals surface area contributed by atoms with Crippen LogP contribution in [0.25, 0.3) is 0 Å². The van der Waals surface area contributed by atoms with E-state index in [0.717, 1.165) is 24.6 Å². The molecule has 2 nitrogen and oxygen atoms in total. The molecule has 1 aliphatic rings. The van der Waals surface area contributed by atoms with Gasteiger partial charge in [-0.15, -0.1) is 0 Å². The topological polar surface area (TPSA) is 29.1 Å². The van der Waals surface area contributed by atoms with Crippen LogP contribution in [-0.2, 0) is 4.79 Å². The van der Waals surface area contributed by atoms with Crippen molar-refractivity contribution in [3.63, 3.8) is 0 Å². The smallest absolute Gasteiger partial charge is 0.223 e. The second-order valence-electron chi connectivity index (χ2n) is 6.03. The molecule has 0 saturated heterocycles. The van der Waals surface area contributed by atoms with E-state index in [1.165, 1.54) is 32.1 Å². The minimum Gasteiger partial charge on any atom is -0.352 e. The van der Waals surface area contributed by atoms with Gasteiger partial charge in [0.2, 0.25) is 5.91 Å². The van der Waals surface area contributed by atoms with Crippen LogP contribution in [-0.4, -0.2) is 17.3 Å². The predicted molar refractivity (Wildman–Crippen MR) is 81.0 cm³/mol. The molecule has 1 unspecified atom stereocenters. The van der Waals surface area contributed by atoms with Crippen LogP contribution < -0.4 is 5.32 Å². The first kappa shape index (κ1) is 16.0. The first-order valence-electron chi connectivity index (χ1n) is 7.49. The second-order valence-corrected chi connectivity index (χ2v) is 6.68. The summed E-state index contributed by atoms with van der Waals surface area (Å²) in [5.41, 5.74) is 0. The van der Waals surface area contributed by atoms with Gasteiger partial charge in [0.25, 0.3) is 0 Å². The molecule has 0 aliphatic heterocycles. The van der Waals surface area contributed by atoms with Crippen molar-refractivity contribution in [3.05, 3.63) is 0 Å². The maximum Gasteiger partial charge on any atom is 0.223 e. The highest BCUT2D eigenvalue weighted by molar-refractivity contribution is 9.09. The highest BCUT2D eigenvalue weighted by Crippen LogP contribution is 2.22. The number of halogens is 1. The summed E-state index contributed by atoms with van der Waals surface area (Å²) in [5, 5.41) is 4.09. The molecule has 0 spiro atoms. The van der Waals surface area contributed by atoms with Gasteiger partial charge in [0.05, 0.1) is 0 Å². The molecule has 0 aromatic heterocycles. The van der Waals surface area contributed by atoms with E-state index in [1.54, 1.807) is 0 Å². The Balaban J connectivity index is 2.40. The van der Waals surface area contributed by atoms with Crippen LogP contribution in [0.1, 0.15) is 65.2 Å². The van der Waals surface area contributed by atoms with Gasteiger partial charge in [-0.1, -0.05) is 61.9 Å². The Morgan fingerprint density at radius 2 is 1.72 bits per heavy atom. The van der Waals surface area contributed by atoms with Crippen LogP contribution in [0.4, 0.5) is 0 Å². The first-order chi connectivity index (χ1) is 8.63. The lowest BCUT2D eigenvalue weighted by molar-refractivity contribution is -0.126. The predicted octanol–water partition coefficient (Wildman–Crippen LogP) is 4.27. The number of hydrogen-bond donors (Lipinski definition) is 1. The first-order valence-corrected chi connectivity index (χ1v) is 8.62. The highest BCUT2D eigenvalue weighted by atomic mass is 79.9. The number of amides is 1. The molecule has 1 saturated carbocycles. The Morgan fingerprint density at radius 3 is 2.22 bits per heavy atom. The van der Waals surface area contributed by atoms with Crippen molar-refractivity contribution in [1.82, 2.24) is 5.32 Å². The normalized spacial score (nSPS) is 20.2. The Labute approximate surface area is 120 Å². The summed E-state index contributed by atoms with van der Waals surface area (Å²) in [4.78, 5) is 12.3. The summed E-state index contributed by atoms with van der Waals surface area (Å²) < 4.78 is 0. The van der Waals surface area contributed by atoms with Crippen molar-refractivity contribution in [2.45, 2.75) is 71.3 Å². The SMILES string of the molecule is CC(C)CC(CBr)NC(=O)C1CCCCCCC1. The largest absolute Gasteiger partial charge is 0.352 e. The quantitative estimate of drug-likeness (QED) is 0.754. The Hall–Kier alpha value is -0.0500. The van der Waals surface area contributed by atoms with Gasteiger partial charge < -0.3 is 5.32 Å². The third-order valence-electron chi connectivity index (χ3n) is 3.76. The maximum atomic E-state index is 12.3. The zero-order valence-electron chi connectivity index (χ0n) is 11.9. The highest BCUT2D eigenvalue weighted by Gasteiger charge is 2.21. The summed E-state index contributed by atoms with van der Waals surface area (Å²) in [6.07, 6.45) is 9.64. The van der Waals surface area contributed by atoms with Crippen molar-refractivity contribution in [2.75, 3.05) is 5.33 Å². The number of alkyl halides is 1. The average molecular weight is 318 g/mol. The summed E-state index contributed by atoms with van der Waals surface area (Å²) >= 11 is 3.51. The van der Waals surface area contributed by atoms with E-state index >= 15 is 0 Å². The summed E-state index contributed by atoms with van der Waals surface area (Å²) in [7, 11) is 0. The molecule has 1 atom stereocenters. The molecule has 3 heteroatoms. The lowest BCUT2D eigenvalue weighted by Crippen LogP contribution is -2.40. The van der Waals surface area contributed by atoms with Gasteiger partial charge in [0.1, 0.15) is 0 Å². The molecular weight excluding hydrogens is 290 g/mol. The van der Waals surface area contributed by atoms with Crippen molar-refractivity contribution >= 4 is 21.8 Å². The molecule has 18 heavy (non-hydrogen) atoms. The maximum absolute atomic E-state index is 12.3. The Morgan fingerprint density at radius 1 is 1.17 bits per heavy atom. The second kappa shape index (κ2) is 8.95. The number of carbonyl (C=O) groups is 1. The fraction of sp³-hybridized carbons (Fsp3) is 0.933. The molecule has 1 amide bonds. The van der Waals surface area contributed by atoms with Crippen LogP contribution in [0.15, 0.2) is 0 Å². The van der Waals surface area contributed by atoms with Gasteiger partial charge in [-0.3, -0.25) is 4.79 Å². The molecule has 106 valence electrons. The van der Waals surface area contributed by atoms with Crippen LogP contribution in [0.2, 0.25) is 0 Å². The monoisotopic (exact) mass is 317 g/mol. The number of carbonyl (C=O) groups excluding carboxylic acids is 1. The molecule has 0 aromatic carbocycles. The standard InChI is InChI=1S/C15H28BrNO/c1-12(2)10-14(11-16)17-15(18)13-8-6-4-3-5-7-9-13/h12-14H,3-11H2,1-2H3,(H,17,18). The minimum absolute atomic E-state index is 0.263. The third-order valence-corrected chi connectivity index (χ3v) is 4.55. The van der Waals surface area contributed by atoms with Gasteiger partial charge in [-0.25, -0.2) is 0 Å². The fourth-order valence-corrected chi connectivity index (χ4v) is 3.19. The zero-order chi connectivity index (χ0) is 13.4. The number of hydrogen-bond acceptors (Lipinski definition) is 1. The Kier molecular flexibility index (Phi) is 7.96. The van der Waals surface area contributed by atoms with E-state index in [0.29, 0.717) is 17.9 Å². The van der Waals surface area contributed by atoms with Crippen molar-refractivity contribution in [1.29, 1.82) is 0 Å². The van der Waals surface area contributed by atoms with Crippen LogP contribution >= 0.6 is 15.9 Å². The van der Waals surface area contributed by atoms with Crippen LogP contribution in [0.5, 0.6) is 0 Å². The average Bonchev–Trinajstić information content (AvgIpc) is 2.26. The molecule has 0 heterocycles. The summed E-state index contributed by atoms with van der Waals surface area (Å²) in [6.45, 7) is 4.41. The van der Waals surface area contributed by atoms with Crippen molar-refractivity contribution < 1.29 is 4.79 Å². The van der Waals surface area contributed by atoms with E-state index in [9.17, 15) is 4.79 Å². The molecule has 1 aliphatic carbocycles. The van der Waals surface area contributed by atoms with Gasteiger partial charge >= 0.3 is 0 Å². The summed E-state index contributed by atoms with van der Waals surface area (Å²) in [5.74, 6) is 1.19. The molecule has 0 radical (unpaired) electrons. The molecule has 1 rings (SSSR count). The van der Waals surface area contributed by atoms with Gasteiger partial charge in [0, 0.05) is 17.3 Å². The number of nitrogens with one attached hydrogen (secondary N) is 1. The van der Waals surface area contributed by atoms with Crippen LogP contribution in [0.3, 0.4) is 0 Å². The van der Waals surface area contributed by atoms with E-state index in [1.807, 2.05) is 0 Å². The van der Waals surface area contributed by atoms with Crippen molar-refractivity contribution in [2.24, 2.45) is 11.8 Å². The molecule has 1 N–H and O–H groups in total. The molecular formula is C15H28BrNO. The zero-order valence-corrected chi connectivity index (χ0v) is 13.5. The van der Waals surface area contributed by atoms with Crippen LogP contribution in [0, 0.1) is 11.8 Å². The summed E-state index contributed by atoms with van der Waals surface area (Å²) in [6, 6.07) is 0.294. The third kappa shape index (κ3) is 6.21. The van der Waals surface area contributed by atoms with Gasteiger partial charge in [-0.2, -0.15) is 0 Å². The Bertz CT molecular complexity index is 235. The van der Waals surface area contributed by atoms with Gasteiger partial charge in [-0.05, 0) is 25.2 Å². The fourth-order valence-electron chi connectivity index (χ4n) is 2.77. The molecule has 1 fully saturated rings. The van der Waals surface area contributed by atoms with Gasteiger partial charge in [0.15, 0.2) is 0 Å². The molecule has 0 bridgehead atoms. The van der Waals surface area contributed by atoms with E-state index in [4.69, 9.17) is 0 Å².